The lowest BCUT2D eigenvalue weighted by molar-refractivity contribution is 0.0827. The highest BCUT2D eigenvalue weighted by Gasteiger charge is 2.35. The summed E-state index contributed by atoms with van der Waals surface area (Å²) >= 11 is 1.30. The number of halogens is 1. The second-order valence-electron chi connectivity index (χ2n) is 8.60. The standard InChI is InChI=1S/C24H24FN7O3S/c1-30(2)23(34)13-8-17(27-10-13)21-20(22(26)33)29-24(36-21)32(15-5-6-15)16-11-28-31(12-16)18-9-14(25)4-7-19(18)35-3/h4,7-12,15,27H,5-6H2,1-3H3,(H2,26,33). The number of primary amides is 1. The highest BCUT2D eigenvalue weighted by molar-refractivity contribution is 7.19. The molecule has 3 N–H and O–H groups in total. The number of nitrogens with one attached hydrogen (secondary N) is 1. The first-order valence-electron chi connectivity index (χ1n) is 11.2. The molecule has 0 unspecified atom stereocenters. The minimum Gasteiger partial charge on any atom is -0.494 e. The van der Waals surface area contributed by atoms with Crippen molar-refractivity contribution in [3.05, 3.63) is 59.9 Å². The maximum atomic E-state index is 13.9. The van der Waals surface area contributed by atoms with Crippen molar-refractivity contribution >= 4 is 34.0 Å². The Bertz CT molecular complexity index is 1450. The van der Waals surface area contributed by atoms with Crippen LogP contribution < -0.4 is 15.4 Å². The summed E-state index contributed by atoms with van der Waals surface area (Å²) in [6.45, 7) is 0. The molecule has 186 valence electrons. The van der Waals surface area contributed by atoms with Crippen LogP contribution in [0.15, 0.2) is 42.9 Å². The number of benzene rings is 1. The van der Waals surface area contributed by atoms with Crippen molar-refractivity contribution in [3.63, 3.8) is 0 Å². The minimum absolute atomic E-state index is 0.116. The Kier molecular flexibility index (Phi) is 5.96. The maximum Gasteiger partial charge on any atom is 0.268 e. The number of H-pyrrole nitrogens is 1. The monoisotopic (exact) mass is 509 g/mol. The topological polar surface area (TPSA) is 122 Å². The number of methoxy groups -OCH3 is 1. The fourth-order valence-corrected chi connectivity index (χ4v) is 5.03. The van der Waals surface area contributed by atoms with Gasteiger partial charge in [-0.05, 0) is 31.0 Å². The lowest BCUT2D eigenvalue weighted by Gasteiger charge is -2.19. The van der Waals surface area contributed by atoms with Crippen LogP contribution in [0.3, 0.4) is 0 Å². The first kappa shape index (κ1) is 23.5. The van der Waals surface area contributed by atoms with Crippen LogP contribution in [0.4, 0.5) is 15.2 Å². The van der Waals surface area contributed by atoms with Gasteiger partial charge in [-0.1, -0.05) is 11.3 Å². The third-order valence-electron chi connectivity index (χ3n) is 5.78. The van der Waals surface area contributed by atoms with Gasteiger partial charge < -0.3 is 25.3 Å². The predicted octanol–water partition coefficient (Wildman–Crippen LogP) is 3.57. The Morgan fingerprint density at radius 1 is 1.28 bits per heavy atom. The zero-order chi connectivity index (χ0) is 25.6. The molecule has 0 radical (unpaired) electrons. The average molecular weight is 510 g/mol. The molecule has 0 atom stereocenters. The van der Waals surface area contributed by atoms with E-state index in [0.29, 0.717) is 32.7 Å². The fourth-order valence-electron chi connectivity index (χ4n) is 3.89. The van der Waals surface area contributed by atoms with E-state index in [9.17, 15) is 14.0 Å². The van der Waals surface area contributed by atoms with E-state index in [1.54, 1.807) is 49.5 Å². The van der Waals surface area contributed by atoms with E-state index in [2.05, 4.69) is 15.1 Å². The maximum absolute atomic E-state index is 13.9. The Morgan fingerprint density at radius 2 is 2.06 bits per heavy atom. The molecule has 1 fully saturated rings. The Balaban J connectivity index is 1.54. The molecule has 4 aromatic rings. The normalized spacial score (nSPS) is 13.0. The number of aromatic nitrogens is 4. The molecule has 0 aliphatic heterocycles. The van der Waals surface area contributed by atoms with Gasteiger partial charge in [0, 0.05) is 32.4 Å². The zero-order valence-corrected chi connectivity index (χ0v) is 20.7. The highest BCUT2D eigenvalue weighted by Crippen LogP contribution is 2.43. The highest BCUT2D eigenvalue weighted by atomic mass is 32.1. The van der Waals surface area contributed by atoms with Gasteiger partial charge in [0.2, 0.25) is 0 Å². The van der Waals surface area contributed by atoms with Crippen LogP contribution in [-0.2, 0) is 0 Å². The van der Waals surface area contributed by atoms with Crippen molar-refractivity contribution in [1.82, 2.24) is 24.6 Å². The molecule has 36 heavy (non-hydrogen) atoms. The van der Waals surface area contributed by atoms with E-state index >= 15 is 0 Å². The largest absolute Gasteiger partial charge is 0.494 e. The second kappa shape index (κ2) is 9.11. The first-order chi connectivity index (χ1) is 17.3. The number of carbonyl (C=O) groups excluding carboxylic acids is 2. The molecule has 5 rings (SSSR count). The third-order valence-corrected chi connectivity index (χ3v) is 6.87. The molecular formula is C24H24FN7O3S. The lowest BCUT2D eigenvalue weighted by atomic mass is 10.2. The molecule has 3 heterocycles. The average Bonchev–Trinajstić information content (AvgIpc) is 3.24. The molecule has 10 nitrogen and oxygen atoms in total. The van der Waals surface area contributed by atoms with Crippen LogP contribution in [0.1, 0.15) is 33.7 Å². The smallest absolute Gasteiger partial charge is 0.268 e. The number of thiazole rings is 1. The molecule has 1 aliphatic carbocycles. The van der Waals surface area contributed by atoms with Gasteiger partial charge in [-0.2, -0.15) is 5.10 Å². The number of amides is 2. The summed E-state index contributed by atoms with van der Waals surface area (Å²) in [5.41, 5.74) is 8.02. The summed E-state index contributed by atoms with van der Waals surface area (Å²) in [6.07, 6.45) is 6.91. The summed E-state index contributed by atoms with van der Waals surface area (Å²) in [5.74, 6) is -0.761. The van der Waals surface area contributed by atoms with Gasteiger partial charge in [0.15, 0.2) is 10.8 Å². The van der Waals surface area contributed by atoms with Crippen molar-refractivity contribution in [3.8, 4) is 22.0 Å². The van der Waals surface area contributed by atoms with Crippen molar-refractivity contribution in [2.45, 2.75) is 18.9 Å². The molecule has 0 spiro atoms. The van der Waals surface area contributed by atoms with E-state index < -0.39 is 11.7 Å². The third kappa shape index (κ3) is 4.31. The zero-order valence-electron chi connectivity index (χ0n) is 19.9. The number of anilines is 2. The number of hydrogen-bond acceptors (Lipinski definition) is 7. The Labute approximate surface area is 210 Å². The first-order valence-corrected chi connectivity index (χ1v) is 12.0. The van der Waals surface area contributed by atoms with E-state index in [-0.39, 0.29) is 17.6 Å². The van der Waals surface area contributed by atoms with Crippen LogP contribution in [-0.4, -0.2) is 63.7 Å². The SMILES string of the molecule is COc1ccc(F)cc1-n1cc(N(c2nc(C(N)=O)c(-c3cc(C(=O)N(C)C)c[nH]3)s2)C2CC2)cn1. The van der Waals surface area contributed by atoms with Crippen molar-refractivity contribution in [2.75, 3.05) is 26.1 Å². The molecule has 0 saturated heterocycles. The van der Waals surface area contributed by atoms with Gasteiger partial charge in [0.25, 0.3) is 11.8 Å². The molecule has 3 aromatic heterocycles. The van der Waals surface area contributed by atoms with Gasteiger partial charge in [0.05, 0.1) is 41.3 Å². The van der Waals surface area contributed by atoms with E-state index in [1.165, 1.54) is 35.5 Å². The van der Waals surface area contributed by atoms with Crippen LogP contribution in [0.25, 0.3) is 16.3 Å². The number of nitrogens with two attached hydrogens (primary N) is 1. The number of carbonyl (C=O) groups is 2. The van der Waals surface area contributed by atoms with Crippen molar-refractivity contribution < 1.29 is 18.7 Å². The summed E-state index contributed by atoms with van der Waals surface area (Å²) in [7, 11) is 4.85. The van der Waals surface area contributed by atoms with Gasteiger partial charge in [-0.3, -0.25) is 9.59 Å². The quantitative estimate of drug-likeness (QED) is 0.374. The molecular weight excluding hydrogens is 485 g/mol. The van der Waals surface area contributed by atoms with Gasteiger partial charge >= 0.3 is 0 Å². The lowest BCUT2D eigenvalue weighted by Crippen LogP contribution is -2.20. The number of aromatic amines is 1. The van der Waals surface area contributed by atoms with Crippen LogP contribution in [0, 0.1) is 5.82 Å². The molecule has 0 bridgehead atoms. The van der Waals surface area contributed by atoms with Gasteiger partial charge in [0.1, 0.15) is 17.3 Å². The second-order valence-corrected chi connectivity index (χ2v) is 9.58. The van der Waals surface area contributed by atoms with Crippen molar-refractivity contribution in [2.24, 2.45) is 5.73 Å². The number of nitrogens with zero attached hydrogens (tertiary/aromatic N) is 5. The molecule has 12 heteroatoms. The van der Waals surface area contributed by atoms with Gasteiger partial charge in [-0.25, -0.2) is 14.1 Å². The van der Waals surface area contributed by atoms with E-state index in [4.69, 9.17) is 10.5 Å². The Morgan fingerprint density at radius 3 is 2.72 bits per heavy atom. The molecule has 1 saturated carbocycles. The van der Waals surface area contributed by atoms with Crippen LogP contribution >= 0.6 is 11.3 Å². The molecule has 2 amide bonds. The van der Waals surface area contributed by atoms with Gasteiger partial charge in [-0.15, -0.1) is 0 Å². The fraction of sp³-hybridized carbons (Fsp3) is 0.250. The predicted molar refractivity (Wildman–Crippen MR) is 134 cm³/mol. The number of ether oxygens (including phenoxy) is 1. The van der Waals surface area contributed by atoms with Crippen LogP contribution in [0.5, 0.6) is 5.75 Å². The number of rotatable bonds is 8. The summed E-state index contributed by atoms with van der Waals surface area (Å²) in [6, 6.07) is 6.07. The number of hydrogen-bond donors (Lipinski definition) is 2. The minimum atomic E-state index is -0.668. The van der Waals surface area contributed by atoms with Crippen LogP contribution in [0.2, 0.25) is 0 Å². The van der Waals surface area contributed by atoms with Crippen molar-refractivity contribution in [1.29, 1.82) is 0 Å². The molecule has 1 aliphatic rings. The summed E-state index contributed by atoms with van der Waals surface area (Å²) in [4.78, 5) is 36.3. The summed E-state index contributed by atoms with van der Waals surface area (Å²) < 4.78 is 20.8. The Hall–Kier alpha value is -4.19. The van der Waals surface area contributed by atoms with E-state index in [0.717, 1.165) is 18.5 Å². The van der Waals surface area contributed by atoms with E-state index in [1.807, 2.05) is 4.90 Å². The summed E-state index contributed by atoms with van der Waals surface area (Å²) in [5, 5.41) is 4.99. The molecule has 1 aromatic carbocycles.